The van der Waals surface area contributed by atoms with Crippen molar-refractivity contribution < 1.29 is 123 Å². The van der Waals surface area contributed by atoms with Gasteiger partial charge in [0.1, 0.15) is 5.69 Å². The summed E-state index contributed by atoms with van der Waals surface area (Å²) in [4.78, 5) is 45.5. The number of aliphatic carboxylic acids is 2. The Hall–Kier alpha value is -0.590. The van der Waals surface area contributed by atoms with Gasteiger partial charge < -0.3 is 35.5 Å². The Bertz CT molecular complexity index is 1210. The molecule has 0 saturated heterocycles. The number of hydrogen-bond acceptors (Lipinski definition) is 13. The van der Waals surface area contributed by atoms with Crippen molar-refractivity contribution in [1.29, 1.82) is 0 Å². The van der Waals surface area contributed by atoms with E-state index in [2.05, 4.69) is 31.1 Å². The van der Waals surface area contributed by atoms with Crippen molar-refractivity contribution in [1.82, 2.24) is 10.2 Å². The zero-order valence-electron chi connectivity index (χ0n) is 20.9. The molecule has 0 spiro atoms. The molecule has 3 rings (SSSR count). The number of nitrogens with zero attached hydrogens (tertiary/aromatic N) is 4. The minimum Gasteiger partial charge on any atom is -0.871 e. The van der Waals surface area contributed by atoms with E-state index in [4.69, 9.17) is 0 Å². The van der Waals surface area contributed by atoms with Crippen LogP contribution in [0.4, 0.5) is 22.2 Å². The largest absolute Gasteiger partial charge is 1.00 e. The van der Waals surface area contributed by atoms with Crippen LogP contribution in [-0.2, 0) is 24.6 Å². The number of fused-ring (bicyclic) bond motifs is 1. The predicted octanol–water partition coefficient (Wildman–Crippen LogP) is -9.03. The number of benzene rings is 1. The Morgan fingerprint density at radius 1 is 1.14 bits per heavy atom. The topological polar surface area (TPSA) is 212 Å². The summed E-state index contributed by atoms with van der Waals surface area (Å²) in [5.74, 6) is -4.57. The molecule has 1 aromatic carbocycles. The fourth-order valence-electron chi connectivity index (χ4n) is 3.21. The molecule has 1 aliphatic heterocycles. The minimum absolute atomic E-state index is 0. The van der Waals surface area contributed by atoms with Crippen LogP contribution in [0.5, 0.6) is 5.75 Å². The standard InChI is InChI=1S/C19H20N6O7S2.3Na/c1-19(2)6-11(27)21-15-8(22-23-17-24-25-18(34-17)33-7-13(30)31)5-9(16(32)14(15)19)20-10(26)3-4-12(28)29;;;/h5,32H,3-4,6-7H2,1-2H3,(H,20,26)(H,21,27)(H,28,29)(H,30,31);;;/q;3*+1/p-3. The molecule has 0 bridgehead atoms. The molecule has 2 aromatic rings. The number of carbonyl (C=O) groups excluding carboxylic acids is 4. The Balaban J connectivity index is 0.00000432. The Kier molecular flexibility index (Phi) is 15.6. The van der Waals surface area contributed by atoms with Crippen LogP contribution in [0.2, 0.25) is 0 Å². The molecule has 0 fully saturated rings. The molecule has 37 heavy (non-hydrogen) atoms. The van der Waals surface area contributed by atoms with Gasteiger partial charge in [0.25, 0.3) is 5.13 Å². The van der Waals surface area contributed by atoms with Crippen LogP contribution in [0.15, 0.2) is 20.6 Å². The van der Waals surface area contributed by atoms with Gasteiger partial charge in [-0.1, -0.05) is 42.7 Å². The molecule has 2 amide bonds. The molecule has 0 unspecified atom stereocenters. The third kappa shape index (κ3) is 10.1. The fraction of sp³-hybridized carbons (Fsp3) is 0.368. The average Bonchev–Trinajstić information content (AvgIpc) is 3.18. The van der Waals surface area contributed by atoms with Gasteiger partial charge in [0, 0.05) is 35.7 Å². The van der Waals surface area contributed by atoms with Gasteiger partial charge in [-0.05, 0) is 18.1 Å². The van der Waals surface area contributed by atoms with Crippen LogP contribution in [-0.4, -0.2) is 39.7 Å². The van der Waals surface area contributed by atoms with E-state index in [1.165, 1.54) is 6.07 Å². The first-order chi connectivity index (χ1) is 16.0. The van der Waals surface area contributed by atoms with Gasteiger partial charge in [0.05, 0.1) is 11.7 Å². The summed E-state index contributed by atoms with van der Waals surface area (Å²) in [6.45, 7) is 3.39. The second-order valence-electron chi connectivity index (χ2n) is 7.76. The quantitative estimate of drug-likeness (QED) is 0.164. The first-order valence-electron chi connectivity index (χ1n) is 9.72. The molecular formula is C19H17N6Na3O7S2. The Morgan fingerprint density at radius 3 is 2.43 bits per heavy atom. The van der Waals surface area contributed by atoms with Crippen LogP contribution in [0.25, 0.3) is 0 Å². The van der Waals surface area contributed by atoms with Crippen LogP contribution < -0.4 is 115 Å². The molecule has 13 nitrogen and oxygen atoms in total. The van der Waals surface area contributed by atoms with Crippen molar-refractivity contribution in [2.24, 2.45) is 10.2 Å². The number of carboxylic acid groups (broad SMARTS) is 2. The summed E-state index contributed by atoms with van der Waals surface area (Å²) < 4.78 is 0.324. The molecule has 18 heteroatoms. The van der Waals surface area contributed by atoms with E-state index in [1.54, 1.807) is 13.8 Å². The second-order valence-corrected chi connectivity index (χ2v) is 9.94. The van der Waals surface area contributed by atoms with Crippen molar-refractivity contribution in [3.8, 4) is 5.75 Å². The van der Waals surface area contributed by atoms with E-state index >= 15 is 0 Å². The normalized spacial score (nSPS) is 13.3. The number of amides is 2. The number of aromatic nitrogens is 2. The summed E-state index contributed by atoms with van der Waals surface area (Å²) in [5, 5.41) is 55.0. The molecule has 2 N–H and O–H groups in total. The van der Waals surface area contributed by atoms with Crippen LogP contribution in [0.1, 0.15) is 38.7 Å². The summed E-state index contributed by atoms with van der Waals surface area (Å²) in [7, 11) is 0. The van der Waals surface area contributed by atoms with Gasteiger partial charge in [-0.15, -0.1) is 20.4 Å². The van der Waals surface area contributed by atoms with Crippen molar-refractivity contribution in [2.75, 3.05) is 16.4 Å². The number of rotatable bonds is 9. The first-order valence-corrected chi connectivity index (χ1v) is 11.5. The fourth-order valence-corrected chi connectivity index (χ4v) is 4.59. The zero-order chi connectivity index (χ0) is 25.0. The zero-order valence-corrected chi connectivity index (χ0v) is 28.5. The maximum Gasteiger partial charge on any atom is 1.00 e. The van der Waals surface area contributed by atoms with Crippen LogP contribution >= 0.6 is 23.1 Å². The second kappa shape index (κ2) is 15.9. The summed E-state index contributed by atoms with van der Waals surface area (Å²) in [6, 6.07) is 1.22. The summed E-state index contributed by atoms with van der Waals surface area (Å²) in [6.07, 6.45) is -0.898. The molecule has 1 aliphatic rings. The van der Waals surface area contributed by atoms with Gasteiger partial charge in [-0.2, -0.15) is 0 Å². The Morgan fingerprint density at radius 2 is 1.81 bits per heavy atom. The number of carboxylic acids is 2. The van der Waals surface area contributed by atoms with Crippen molar-refractivity contribution in [2.45, 2.75) is 42.9 Å². The maximum absolute atomic E-state index is 13.1. The number of azo groups is 1. The number of thioether (sulfide) groups is 1. The van der Waals surface area contributed by atoms with Crippen molar-refractivity contribution in [3.05, 3.63) is 11.6 Å². The molecular weight excluding hydrogens is 557 g/mol. The van der Waals surface area contributed by atoms with Crippen LogP contribution in [0.3, 0.4) is 0 Å². The van der Waals surface area contributed by atoms with E-state index in [0.29, 0.717) is 4.34 Å². The van der Waals surface area contributed by atoms with E-state index < -0.39 is 41.9 Å². The van der Waals surface area contributed by atoms with Crippen LogP contribution in [0, 0.1) is 0 Å². The monoisotopic (exact) mass is 574 g/mol. The molecule has 2 heterocycles. The average molecular weight is 574 g/mol. The number of hydrogen-bond donors (Lipinski definition) is 2. The molecule has 0 saturated carbocycles. The summed E-state index contributed by atoms with van der Waals surface area (Å²) in [5.41, 5.74) is -0.630. The molecule has 0 atom stereocenters. The number of anilines is 2. The SMILES string of the molecule is CC1(C)CC(=O)Nc2c(N=Nc3nnc(SCC(=O)[O-])s3)cc(NC(=O)CCC(=O)[O-])c([O-])c21.[Na+].[Na+].[Na+]. The van der Waals surface area contributed by atoms with Gasteiger partial charge in [0.15, 0.2) is 4.34 Å². The van der Waals surface area contributed by atoms with E-state index in [1.807, 2.05) is 0 Å². The Labute approximate surface area is 285 Å². The summed E-state index contributed by atoms with van der Waals surface area (Å²) >= 11 is 1.87. The number of nitrogens with one attached hydrogen (secondary N) is 2. The third-order valence-corrected chi connectivity index (χ3v) is 6.50. The molecule has 0 radical (unpaired) electrons. The molecule has 180 valence electrons. The predicted molar refractivity (Wildman–Crippen MR) is 115 cm³/mol. The van der Waals surface area contributed by atoms with E-state index in [0.717, 1.165) is 23.1 Å². The van der Waals surface area contributed by atoms with Crippen molar-refractivity contribution in [3.63, 3.8) is 0 Å². The van der Waals surface area contributed by atoms with Gasteiger partial charge in [-0.25, -0.2) is 0 Å². The minimum atomic E-state index is -1.41. The first kappa shape index (κ1) is 36.4. The van der Waals surface area contributed by atoms with Crippen molar-refractivity contribution >= 4 is 69.0 Å². The molecule has 0 aliphatic carbocycles. The number of carbonyl (C=O) groups is 4. The smallest absolute Gasteiger partial charge is 0.871 e. The molecule has 1 aromatic heterocycles. The van der Waals surface area contributed by atoms with Gasteiger partial charge in [0.2, 0.25) is 11.8 Å². The maximum atomic E-state index is 13.1. The van der Waals surface area contributed by atoms with Gasteiger partial charge in [-0.3, -0.25) is 9.59 Å². The van der Waals surface area contributed by atoms with E-state index in [-0.39, 0.29) is 135 Å². The van der Waals surface area contributed by atoms with E-state index in [9.17, 15) is 34.5 Å². The third-order valence-electron chi connectivity index (χ3n) is 4.59. The van der Waals surface area contributed by atoms with Gasteiger partial charge >= 0.3 is 88.7 Å².